The van der Waals surface area contributed by atoms with E-state index >= 15 is 0 Å². The van der Waals surface area contributed by atoms with E-state index in [-0.39, 0.29) is 0 Å². The van der Waals surface area contributed by atoms with Crippen molar-refractivity contribution >= 4 is 0 Å². The molecule has 0 aromatic heterocycles. The van der Waals surface area contributed by atoms with E-state index < -0.39 is 0 Å². The largest absolute Gasteiger partial charge is 0.330 e. The van der Waals surface area contributed by atoms with Gasteiger partial charge in [0.2, 0.25) is 0 Å². The highest BCUT2D eigenvalue weighted by Crippen LogP contribution is 2.04. The molecule has 84 valence electrons. The zero-order valence-electron chi connectivity index (χ0n) is 9.65. The lowest BCUT2D eigenvalue weighted by molar-refractivity contribution is 0.317. The molecule has 0 spiro atoms. The van der Waals surface area contributed by atoms with E-state index in [1.165, 1.54) is 18.4 Å². The number of benzene rings is 1. The van der Waals surface area contributed by atoms with E-state index in [2.05, 4.69) is 42.3 Å². The predicted octanol–water partition coefficient (Wildman–Crippen LogP) is 2.25. The Labute approximate surface area is 93.1 Å². The molecule has 2 nitrogen and oxygen atoms in total. The normalized spacial score (nSPS) is 10.9. The Kier molecular flexibility index (Phi) is 6.05. The van der Waals surface area contributed by atoms with Crippen LogP contribution in [0.1, 0.15) is 24.8 Å². The van der Waals surface area contributed by atoms with Crippen molar-refractivity contribution < 1.29 is 0 Å². The summed E-state index contributed by atoms with van der Waals surface area (Å²) in [6.07, 6.45) is 3.65. The first kappa shape index (κ1) is 12.2. The van der Waals surface area contributed by atoms with E-state index in [4.69, 9.17) is 5.73 Å². The molecule has 0 heterocycles. The maximum atomic E-state index is 5.46. The number of nitrogens with zero attached hydrogens (tertiary/aromatic N) is 1. The minimum absolute atomic E-state index is 0.822. The van der Waals surface area contributed by atoms with Crippen molar-refractivity contribution in [2.24, 2.45) is 5.73 Å². The van der Waals surface area contributed by atoms with Gasteiger partial charge in [0.1, 0.15) is 0 Å². The number of unbranched alkanes of at least 4 members (excludes halogenated alkanes) is 2. The number of rotatable bonds is 7. The van der Waals surface area contributed by atoms with Crippen LogP contribution in [0.25, 0.3) is 0 Å². The zero-order chi connectivity index (χ0) is 10.9. The summed E-state index contributed by atoms with van der Waals surface area (Å²) in [7, 11) is 2.18. The second kappa shape index (κ2) is 7.43. The van der Waals surface area contributed by atoms with Crippen LogP contribution in [0.2, 0.25) is 0 Å². The summed E-state index contributed by atoms with van der Waals surface area (Å²) in [5.74, 6) is 0. The molecular formula is C13H22N2. The van der Waals surface area contributed by atoms with Gasteiger partial charge in [0.05, 0.1) is 0 Å². The Morgan fingerprint density at radius 3 is 2.47 bits per heavy atom. The second-order valence-electron chi connectivity index (χ2n) is 4.07. The smallest absolute Gasteiger partial charge is 0.0230 e. The SMILES string of the molecule is CN(CCCCCN)Cc1ccccc1. The van der Waals surface area contributed by atoms with Crippen LogP contribution in [-0.2, 0) is 6.54 Å². The van der Waals surface area contributed by atoms with Gasteiger partial charge in [-0.2, -0.15) is 0 Å². The standard InChI is InChI=1S/C13H22N2/c1-15(11-7-3-6-10-14)12-13-8-4-2-5-9-13/h2,4-5,8-9H,3,6-7,10-12,14H2,1H3. The van der Waals surface area contributed by atoms with Crippen molar-refractivity contribution in [2.45, 2.75) is 25.8 Å². The summed E-state index contributed by atoms with van der Waals surface area (Å²) in [5, 5.41) is 0. The molecule has 0 fully saturated rings. The van der Waals surface area contributed by atoms with Gasteiger partial charge in [-0.1, -0.05) is 36.8 Å². The van der Waals surface area contributed by atoms with Crippen LogP contribution in [0.3, 0.4) is 0 Å². The maximum absolute atomic E-state index is 5.46. The van der Waals surface area contributed by atoms with E-state index in [9.17, 15) is 0 Å². The Hall–Kier alpha value is -0.860. The molecule has 1 aromatic carbocycles. The Morgan fingerprint density at radius 1 is 1.07 bits per heavy atom. The van der Waals surface area contributed by atoms with Gasteiger partial charge in [-0.05, 0) is 38.5 Å². The fraction of sp³-hybridized carbons (Fsp3) is 0.538. The third kappa shape index (κ3) is 5.55. The van der Waals surface area contributed by atoms with Gasteiger partial charge in [0.25, 0.3) is 0 Å². The monoisotopic (exact) mass is 206 g/mol. The summed E-state index contributed by atoms with van der Waals surface area (Å²) < 4.78 is 0. The van der Waals surface area contributed by atoms with Gasteiger partial charge in [-0.15, -0.1) is 0 Å². The molecule has 0 unspecified atom stereocenters. The average molecular weight is 206 g/mol. The van der Waals surface area contributed by atoms with E-state index in [1.807, 2.05) is 0 Å². The lowest BCUT2D eigenvalue weighted by Gasteiger charge is -2.16. The van der Waals surface area contributed by atoms with Gasteiger partial charge in [0.15, 0.2) is 0 Å². The Balaban J connectivity index is 2.16. The summed E-state index contributed by atoms with van der Waals surface area (Å²) in [5.41, 5.74) is 6.84. The fourth-order valence-corrected chi connectivity index (χ4v) is 1.68. The molecule has 0 amide bonds. The first-order chi connectivity index (χ1) is 7.33. The molecule has 0 aliphatic heterocycles. The van der Waals surface area contributed by atoms with Crippen molar-refractivity contribution in [1.29, 1.82) is 0 Å². The van der Waals surface area contributed by atoms with Gasteiger partial charge in [-0.25, -0.2) is 0 Å². The van der Waals surface area contributed by atoms with Gasteiger partial charge in [-0.3, -0.25) is 0 Å². The zero-order valence-corrected chi connectivity index (χ0v) is 9.65. The van der Waals surface area contributed by atoms with Crippen LogP contribution in [0.4, 0.5) is 0 Å². The molecule has 0 atom stereocenters. The molecular weight excluding hydrogens is 184 g/mol. The van der Waals surface area contributed by atoms with Crippen LogP contribution in [0, 0.1) is 0 Å². The molecule has 0 aliphatic rings. The summed E-state index contributed by atoms with van der Waals surface area (Å²) in [6.45, 7) is 3.03. The summed E-state index contributed by atoms with van der Waals surface area (Å²) in [4.78, 5) is 2.37. The molecule has 0 aliphatic carbocycles. The lowest BCUT2D eigenvalue weighted by atomic mass is 10.2. The van der Waals surface area contributed by atoms with Crippen LogP contribution in [0.5, 0.6) is 0 Å². The van der Waals surface area contributed by atoms with E-state index in [0.717, 1.165) is 26.1 Å². The molecule has 0 saturated carbocycles. The first-order valence-electron chi connectivity index (χ1n) is 5.75. The van der Waals surface area contributed by atoms with Crippen LogP contribution < -0.4 is 5.73 Å². The summed E-state index contributed by atoms with van der Waals surface area (Å²) in [6, 6.07) is 10.6. The third-order valence-electron chi connectivity index (χ3n) is 2.54. The molecule has 1 rings (SSSR count). The first-order valence-corrected chi connectivity index (χ1v) is 5.75. The Morgan fingerprint density at radius 2 is 1.80 bits per heavy atom. The fourth-order valence-electron chi connectivity index (χ4n) is 1.68. The minimum atomic E-state index is 0.822. The summed E-state index contributed by atoms with van der Waals surface area (Å²) >= 11 is 0. The van der Waals surface area contributed by atoms with Crippen molar-refractivity contribution in [3.8, 4) is 0 Å². The molecule has 0 radical (unpaired) electrons. The predicted molar refractivity (Wildman–Crippen MR) is 65.7 cm³/mol. The van der Waals surface area contributed by atoms with Gasteiger partial charge in [0, 0.05) is 6.54 Å². The Bertz CT molecular complexity index is 246. The van der Waals surface area contributed by atoms with E-state index in [0.29, 0.717) is 0 Å². The number of hydrogen-bond donors (Lipinski definition) is 1. The highest BCUT2D eigenvalue weighted by atomic mass is 15.1. The number of hydrogen-bond acceptors (Lipinski definition) is 2. The minimum Gasteiger partial charge on any atom is -0.330 e. The highest BCUT2D eigenvalue weighted by molar-refractivity contribution is 5.14. The maximum Gasteiger partial charge on any atom is 0.0230 e. The van der Waals surface area contributed by atoms with Gasteiger partial charge >= 0.3 is 0 Å². The van der Waals surface area contributed by atoms with Crippen molar-refractivity contribution in [3.63, 3.8) is 0 Å². The van der Waals surface area contributed by atoms with Crippen LogP contribution >= 0.6 is 0 Å². The molecule has 15 heavy (non-hydrogen) atoms. The second-order valence-corrected chi connectivity index (χ2v) is 4.07. The third-order valence-corrected chi connectivity index (χ3v) is 2.54. The quantitative estimate of drug-likeness (QED) is 0.693. The lowest BCUT2D eigenvalue weighted by Crippen LogP contribution is -2.19. The average Bonchev–Trinajstić information content (AvgIpc) is 2.26. The molecule has 2 heteroatoms. The molecule has 0 saturated heterocycles. The number of nitrogens with two attached hydrogens (primary N) is 1. The van der Waals surface area contributed by atoms with Crippen molar-refractivity contribution in [3.05, 3.63) is 35.9 Å². The van der Waals surface area contributed by atoms with Crippen molar-refractivity contribution in [1.82, 2.24) is 4.90 Å². The molecule has 0 bridgehead atoms. The van der Waals surface area contributed by atoms with E-state index in [1.54, 1.807) is 0 Å². The highest BCUT2D eigenvalue weighted by Gasteiger charge is 1.98. The topological polar surface area (TPSA) is 29.3 Å². The van der Waals surface area contributed by atoms with Crippen molar-refractivity contribution in [2.75, 3.05) is 20.1 Å². The molecule has 2 N–H and O–H groups in total. The van der Waals surface area contributed by atoms with Crippen LogP contribution in [0.15, 0.2) is 30.3 Å². The van der Waals surface area contributed by atoms with Gasteiger partial charge < -0.3 is 10.6 Å². The van der Waals surface area contributed by atoms with Crippen LogP contribution in [-0.4, -0.2) is 25.0 Å². The molecule has 1 aromatic rings.